The molecule has 1 aliphatic heterocycles. The summed E-state index contributed by atoms with van der Waals surface area (Å²) in [7, 11) is 0. The normalized spacial score (nSPS) is 15.9. The van der Waals surface area contributed by atoms with Crippen molar-refractivity contribution in [2.24, 2.45) is 0 Å². The van der Waals surface area contributed by atoms with Gasteiger partial charge in [-0.3, -0.25) is 9.78 Å². The summed E-state index contributed by atoms with van der Waals surface area (Å²) in [6, 6.07) is 8.09. The van der Waals surface area contributed by atoms with E-state index in [2.05, 4.69) is 31.1 Å². The number of tetrazole rings is 1. The predicted octanol–water partition coefficient (Wildman–Crippen LogP) is 3.30. The van der Waals surface area contributed by atoms with Crippen molar-refractivity contribution in [2.45, 2.75) is 13.0 Å². The molecule has 1 atom stereocenters. The summed E-state index contributed by atoms with van der Waals surface area (Å²) < 4.78 is 1.50. The predicted molar refractivity (Wildman–Crippen MR) is 102 cm³/mol. The van der Waals surface area contributed by atoms with Crippen LogP contribution in [0.4, 0.5) is 11.6 Å². The van der Waals surface area contributed by atoms with Crippen molar-refractivity contribution >= 4 is 40.7 Å². The van der Waals surface area contributed by atoms with Gasteiger partial charge in [0, 0.05) is 17.5 Å². The van der Waals surface area contributed by atoms with E-state index >= 15 is 0 Å². The fraction of sp³-hybridized carbons (Fsp3) is 0.118. The molecule has 136 valence electrons. The Morgan fingerprint density at radius 3 is 2.89 bits per heavy atom. The molecule has 1 aliphatic rings. The van der Waals surface area contributed by atoms with E-state index in [-0.39, 0.29) is 5.91 Å². The van der Waals surface area contributed by atoms with Gasteiger partial charge < -0.3 is 10.6 Å². The van der Waals surface area contributed by atoms with Gasteiger partial charge in [-0.25, -0.2) is 0 Å². The molecule has 0 aliphatic carbocycles. The number of fused-ring (bicyclic) bond motifs is 1. The monoisotopic (exact) mass is 401 g/mol. The second-order valence-electron chi connectivity index (χ2n) is 5.85. The van der Waals surface area contributed by atoms with Gasteiger partial charge in [-0.05, 0) is 35.5 Å². The average molecular weight is 402 g/mol. The van der Waals surface area contributed by atoms with E-state index in [0.29, 0.717) is 38.5 Å². The van der Waals surface area contributed by atoms with Crippen molar-refractivity contribution in [3.05, 3.63) is 69.6 Å². The minimum atomic E-state index is -0.640. The quantitative estimate of drug-likeness (QED) is 0.698. The van der Waals surface area contributed by atoms with Crippen molar-refractivity contribution in [3.63, 3.8) is 0 Å². The molecule has 1 amide bonds. The number of amides is 1. The Morgan fingerprint density at radius 2 is 2.11 bits per heavy atom. The molecule has 0 saturated carbocycles. The molecule has 0 fully saturated rings. The molecule has 0 spiro atoms. The minimum Gasteiger partial charge on any atom is -0.326 e. The lowest BCUT2D eigenvalue weighted by atomic mass is 9.95. The van der Waals surface area contributed by atoms with Crippen LogP contribution in [0.2, 0.25) is 10.0 Å². The van der Waals surface area contributed by atoms with Crippen LogP contribution in [0.3, 0.4) is 0 Å². The number of carbonyl (C=O) groups excluding carboxylic acids is 1. The topological polar surface area (TPSA) is 97.6 Å². The highest BCUT2D eigenvalue weighted by Gasteiger charge is 2.35. The zero-order valence-electron chi connectivity index (χ0n) is 14.0. The Hall–Kier alpha value is -2.97. The third-order valence-electron chi connectivity index (χ3n) is 4.15. The molecule has 8 nitrogen and oxygen atoms in total. The molecule has 3 aromatic rings. The number of benzene rings is 1. The molecule has 4 rings (SSSR count). The summed E-state index contributed by atoms with van der Waals surface area (Å²) in [5.41, 5.74) is 2.22. The number of hydrogen-bond acceptors (Lipinski definition) is 6. The molecule has 0 radical (unpaired) electrons. The first-order valence-electron chi connectivity index (χ1n) is 7.97. The molecule has 3 heterocycles. The highest BCUT2D eigenvalue weighted by Crippen LogP contribution is 2.39. The van der Waals surface area contributed by atoms with Gasteiger partial charge in [-0.15, -0.1) is 0 Å². The maximum Gasteiger partial charge on any atom is 0.255 e. The van der Waals surface area contributed by atoms with Crippen LogP contribution in [-0.4, -0.2) is 31.1 Å². The van der Waals surface area contributed by atoms with Gasteiger partial charge in [0.25, 0.3) is 5.91 Å². The molecule has 1 aromatic carbocycles. The van der Waals surface area contributed by atoms with Crippen molar-refractivity contribution in [2.75, 3.05) is 10.6 Å². The van der Waals surface area contributed by atoms with E-state index in [0.717, 1.165) is 0 Å². The van der Waals surface area contributed by atoms with Gasteiger partial charge >= 0.3 is 0 Å². The van der Waals surface area contributed by atoms with Gasteiger partial charge in [0.15, 0.2) is 0 Å². The number of hydrogen-bond donors (Lipinski definition) is 2. The van der Waals surface area contributed by atoms with Crippen LogP contribution in [-0.2, 0) is 4.79 Å². The molecular weight excluding hydrogens is 389 g/mol. The van der Waals surface area contributed by atoms with Gasteiger partial charge in [-0.2, -0.15) is 4.68 Å². The van der Waals surface area contributed by atoms with Gasteiger partial charge in [0.05, 0.1) is 27.5 Å². The van der Waals surface area contributed by atoms with Crippen LogP contribution in [0.25, 0.3) is 0 Å². The molecule has 2 N–H and O–H groups in total. The van der Waals surface area contributed by atoms with Crippen molar-refractivity contribution in [1.82, 2.24) is 25.2 Å². The minimum absolute atomic E-state index is 0.324. The van der Waals surface area contributed by atoms with E-state index in [4.69, 9.17) is 23.2 Å². The lowest BCUT2D eigenvalue weighted by Crippen LogP contribution is -2.31. The number of halogens is 2. The SMILES string of the molecule is CC1=C(C(=O)Nc2cccnc2)[C@H](c2cccc(Cl)c2Cl)n2nnnc2N1. The summed E-state index contributed by atoms with van der Waals surface area (Å²) >= 11 is 12.6. The van der Waals surface area contributed by atoms with Crippen LogP contribution >= 0.6 is 23.2 Å². The number of pyridine rings is 1. The summed E-state index contributed by atoms with van der Waals surface area (Å²) in [5.74, 6) is 0.0849. The molecule has 10 heteroatoms. The van der Waals surface area contributed by atoms with Crippen LogP contribution in [0.5, 0.6) is 0 Å². The first-order chi connectivity index (χ1) is 13.1. The molecular formula is C17H13Cl2N7O. The molecule has 0 unspecified atom stereocenters. The number of rotatable bonds is 3. The molecule has 2 aromatic heterocycles. The van der Waals surface area contributed by atoms with Gasteiger partial charge in [0.1, 0.15) is 6.04 Å². The van der Waals surface area contributed by atoms with Crippen LogP contribution in [0.1, 0.15) is 18.5 Å². The number of anilines is 2. The van der Waals surface area contributed by atoms with Gasteiger partial charge in [0.2, 0.25) is 5.95 Å². The smallest absolute Gasteiger partial charge is 0.255 e. The number of nitrogens with one attached hydrogen (secondary N) is 2. The standard InChI is InChI=1S/C17H13Cl2N7O/c1-9-13(16(27)22-10-4-3-7-20-8-10)15(26-17(21-9)23-24-25-26)11-5-2-6-12(18)14(11)19/h2-8,15H,1H3,(H,22,27)(H,21,23,25)/t15-/m0/s1. The maximum absolute atomic E-state index is 13.1. The summed E-state index contributed by atoms with van der Waals surface area (Å²) in [6.07, 6.45) is 3.19. The molecule has 0 bridgehead atoms. The largest absolute Gasteiger partial charge is 0.326 e. The number of allylic oxidation sites excluding steroid dienone is 1. The van der Waals surface area contributed by atoms with E-state index in [9.17, 15) is 4.79 Å². The Balaban J connectivity index is 1.82. The second kappa shape index (κ2) is 6.98. The van der Waals surface area contributed by atoms with E-state index < -0.39 is 6.04 Å². The third-order valence-corrected chi connectivity index (χ3v) is 4.99. The maximum atomic E-state index is 13.1. The van der Waals surface area contributed by atoms with Crippen molar-refractivity contribution in [3.8, 4) is 0 Å². The Bertz CT molecular complexity index is 1050. The first-order valence-corrected chi connectivity index (χ1v) is 8.73. The lowest BCUT2D eigenvalue weighted by molar-refractivity contribution is -0.113. The second-order valence-corrected chi connectivity index (χ2v) is 6.64. The first kappa shape index (κ1) is 17.4. The highest BCUT2D eigenvalue weighted by molar-refractivity contribution is 6.42. The van der Waals surface area contributed by atoms with Crippen LogP contribution in [0, 0.1) is 0 Å². The average Bonchev–Trinajstić information content (AvgIpc) is 3.12. The summed E-state index contributed by atoms with van der Waals surface area (Å²) in [4.78, 5) is 17.1. The third kappa shape index (κ3) is 3.13. The van der Waals surface area contributed by atoms with Crippen molar-refractivity contribution < 1.29 is 4.79 Å². The van der Waals surface area contributed by atoms with E-state index in [1.165, 1.54) is 4.68 Å². The number of aromatic nitrogens is 5. The number of nitrogens with zero attached hydrogens (tertiary/aromatic N) is 5. The fourth-order valence-electron chi connectivity index (χ4n) is 2.96. The van der Waals surface area contributed by atoms with Gasteiger partial charge in [-0.1, -0.05) is 40.4 Å². The van der Waals surface area contributed by atoms with Crippen molar-refractivity contribution in [1.29, 1.82) is 0 Å². The summed E-state index contributed by atoms with van der Waals surface area (Å²) in [5, 5.41) is 18.3. The molecule has 0 saturated heterocycles. The van der Waals surface area contributed by atoms with Crippen LogP contribution in [0.15, 0.2) is 54.0 Å². The summed E-state index contributed by atoms with van der Waals surface area (Å²) in [6.45, 7) is 1.78. The molecule has 27 heavy (non-hydrogen) atoms. The lowest BCUT2D eigenvalue weighted by Gasteiger charge is -2.28. The zero-order valence-corrected chi connectivity index (χ0v) is 15.5. The van der Waals surface area contributed by atoms with E-state index in [1.54, 1.807) is 49.6 Å². The van der Waals surface area contributed by atoms with Crippen LogP contribution < -0.4 is 10.6 Å². The zero-order chi connectivity index (χ0) is 19.0. The Morgan fingerprint density at radius 1 is 1.26 bits per heavy atom. The van der Waals surface area contributed by atoms with E-state index in [1.807, 2.05) is 0 Å². The number of carbonyl (C=O) groups is 1. The fourth-order valence-corrected chi connectivity index (χ4v) is 3.37. The Labute approximate surface area is 164 Å². The Kier molecular flexibility index (Phi) is 4.51. The highest BCUT2D eigenvalue weighted by atomic mass is 35.5.